The van der Waals surface area contributed by atoms with Crippen molar-refractivity contribution in [2.75, 3.05) is 6.61 Å². The van der Waals surface area contributed by atoms with E-state index in [0.717, 1.165) is 0 Å². The predicted molar refractivity (Wildman–Crippen MR) is 97.8 cm³/mol. The number of halogens is 2. The van der Waals surface area contributed by atoms with Crippen molar-refractivity contribution in [3.8, 4) is 17.2 Å². The van der Waals surface area contributed by atoms with Gasteiger partial charge in [0, 0.05) is 10.0 Å². The van der Waals surface area contributed by atoms with Crippen LogP contribution in [0.15, 0.2) is 44.4 Å². The number of phenols is 2. The molecule has 0 heterocycles. The van der Waals surface area contributed by atoms with Crippen molar-refractivity contribution in [3.63, 3.8) is 0 Å². The fourth-order valence-corrected chi connectivity index (χ4v) is 2.69. The number of hydrogen-bond acceptors (Lipinski definition) is 5. The Morgan fingerprint density at radius 2 is 2.00 bits per heavy atom. The second-order valence-corrected chi connectivity index (χ2v) is 6.18. The highest BCUT2D eigenvalue weighted by Gasteiger charge is 2.14. The zero-order valence-corrected chi connectivity index (χ0v) is 15.8. The molecule has 0 spiro atoms. The number of ether oxygens (including phenoxy) is 1. The Balaban J connectivity index is 2.20. The van der Waals surface area contributed by atoms with Crippen LogP contribution in [0, 0.1) is 0 Å². The smallest absolute Gasteiger partial charge is 0.275 e. The van der Waals surface area contributed by atoms with Gasteiger partial charge in [0.25, 0.3) is 5.91 Å². The van der Waals surface area contributed by atoms with Crippen molar-refractivity contribution in [3.05, 3.63) is 50.4 Å². The molecule has 2 aromatic carbocycles. The third kappa shape index (κ3) is 4.07. The molecular weight excluding hydrogens is 444 g/mol. The maximum absolute atomic E-state index is 12.0. The van der Waals surface area contributed by atoms with E-state index in [1.54, 1.807) is 25.1 Å². The molecule has 0 aliphatic heterocycles. The minimum atomic E-state index is -0.539. The van der Waals surface area contributed by atoms with Crippen LogP contribution in [0.25, 0.3) is 0 Å². The zero-order chi connectivity index (χ0) is 17.7. The van der Waals surface area contributed by atoms with E-state index in [1.165, 1.54) is 18.3 Å². The van der Waals surface area contributed by atoms with E-state index in [0.29, 0.717) is 26.9 Å². The van der Waals surface area contributed by atoms with Gasteiger partial charge in [-0.05, 0) is 57.0 Å². The Hall–Kier alpha value is -2.06. The summed E-state index contributed by atoms with van der Waals surface area (Å²) in [5.41, 5.74) is 3.04. The second kappa shape index (κ2) is 8.16. The molecular formula is C16H14Br2N2O4. The van der Waals surface area contributed by atoms with Gasteiger partial charge in [-0.15, -0.1) is 0 Å². The van der Waals surface area contributed by atoms with Crippen LogP contribution in [0.3, 0.4) is 0 Å². The van der Waals surface area contributed by atoms with Crippen molar-refractivity contribution in [2.24, 2.45) is 5.10 Å². The van der Waals surface area contributed by atoms with Gasteiger partial charge in [0.1, 0.15) is 5.75 Å². The van der Waals surface area contributed by atoms with Crippen LogP contribution in [0.4, 0.5) is 0 Å². The van der Waals surface area contributed by atoms with Gasteiger partial charge in [-0.2, -0.15) is 5.10 Å². The van der Waals surface area contributed by atoms with E-state index < -0.39 is 5.91 Å². The monoisotopic (exact) mass is 456 g/mol. The summed E-state index contributed by atoms with van der Waals surface area (Å²) in [6, 6.07) is 7.75. The van der Waals surface area contributed by atoms with Crippen LogP contribution in [0.5, 0.6) is 17.2 Å². The minimum Gasteiger partial charge on any atom is -0.507 e. The van der Waals surface area contributed by atoms with Crippen LogP contribution in [-0.4, -0.2) is 28.9 Å². The van der Waals surface area contributed by atoms with Gasteiger partial charge in [-0.3, -0.25) is 4.79 Å². The molecule has 0 fully saturated rings. The molecule has 0 radical (unpaired) electrons. The molecule has 24 heavy (non-hydrogen) atoms. The molecule has 6 nitrogen and oxygen atoms in total. The molecule has 2 rings (SSSR count). The lowest BCUT2D eigenvalue weighted by Crippen LogP contribution is -2.17. The van der Waals surface area contributed by atoms with Gasteiger partial charge < -0.3 is 14.9 Å². The van der Waals surface area contributed by atoms with Crippen LogP contribution in [-0.2, 0) is 0 Å². The normalized spacial score (nSPS) is 10.8. The number of nitrogens with zero attached hydrogens (tertiary/aromatic N) is 1. The lowest BCUT2D eigenvalue weighted by atomic mass is 10.2. The first kappa shape index (κ1) is 18.3. The Morgan fingerprint density at radius 3 is 2.67 bits per heavy atom. The molecule has 0 unspecified atom stereocenters. The molecule has 2 aromatic rings. The number of hydrazone groups is 1. The number of aromatic hydroxyl groups is 2. The average molecular weight is 458 g/mol. The first-order valence-corrected chi connectivity index (χ1v) is 8.49. The van der Waals surface area contributed by atoms with E-state index in [1.807, 2.05) is 0 Å². The molecule has 0 aliphatic rings. The van der Waals surface area contributed by atoms with Crippen LogP contribution >= 0.6 is 31.9 Å². The fraction of sp³-hybridized carbons (Fsp3) is 0.125. The number of benzene rings is 2. The van der Waals surface area contributed by atoms with Crippen molar-refractivity contribution in [1.29, 1.82) is 0 Å². The fourth-order valence-electron chi connectivity index (χ4n) is 1.86. The van der Waals surface area contributed by atoms with E-state index in [4.69, 9.17) is 4.74 Å². The van der Waals surface area contributed by atoms with Gasteiger partial charge in [0.15, 0.2) is 11.5 Å². The average Bonchev–Trinajstić information content (AvgIpc) is 2.57. The lowest BCUT2D eigenvalue weighted by Gasteiger charge is -2.11. The third-order valence-electron chi connectivity index (χ3n) is 2.99. The third-order valence-corrected chi connectivity index (χ3v) is 5.15. The van der Waals surface area contributed by atoms with Gasteiger partial charge in [0.05, 0.1) is 22.9 Å². The van der Waals surface area contributed by atoms with E-state index >= 15 is 0 Å². The summed E-state index contributed by atoms with van der Waals surface area (Å²) < 4.78 is 6.32. The summed E-state index contributed by atoms with van der Waals surface area (Å²) >= 11 is 6.59. The molecule has 0 aliphatic carbocycles. The van der Waals surface area contributed by atoms with Crippen molar-refractivity contribution < 1.29 is 19.7 Å². The van der Waals surface area contributed by atoms with Crippen molar-refractivity contribution in [2.45, 2.75) is 6.92 Å². The van der Waals surface area contributed by atoms with Gasteiger partial charge >= 0.3 is 0 Å². The van der Waals surface area contributed by atoms with Crippen LogP contribution < -0.4 is 10.2 Å². The summed E-state index contributed by atoms with van der Waals surface area (Å²) in [7, 11) is 0. The highest BCUT2D eigenvalue weighted by atomic mass is 79.9. The van der Waals surface area contributed by atoms with Crippen molar-refractivity contribution in [1.82, 2.24) is 5.43 Å². The summed E-state index contributed by atoms with van der Waals surface area (Å²) in [5, 5.41) is 23.5. The molecule has 0 saturated heterocycles. The summed E-state index contributed by atoms with van der Waals surface area (Å²) in [6.07, 6.45) is 1.40. The Morgan fingerprint density at radius 1 is 1.29 bits per heavy atom. The largest absolute Gasteiger partial charge is 0.507 e. The molecule has 0 saturated carbocycles. The molecule has 8 heteroatoms. The second-order valence-electron chi connectivity index (χ2n) is 4.59. The number of carbonyl (C=O) groups excluding carboxylic acids is 1. The minimum absolute atomic E-state index is 0.0286. The Labute approximate surface area is 155 Å². The van der Waals surface area contributed by atoms with E-state index in [-0.39, 0.29) is 17.1 Å². The van der Waals surface area contributed by atoms with E-state index in [9.17, 15) is 15.0 Å². The maximum Gasteiger partial charge on any atom is 0.275 e. The first-order valence-electron chi connectivity index (χ1n) is 6.90. The van der Waals surface area contributed by atoms with Crippen LogP contribution in [0.2, 0.25) is 0 Å². The Bertz CT molecular complexity index is 794. The summed E-state index contributed by atoms with van der Waals surface area (Å²) in [5.74, 6) is -0.402. The number of phenolic OH excluding ortho intramolecular Hbond substituents is 2. The molecule has 0 bridgehead atoms. The number of rotatable bonds is 5. The zero-order valence-electron chi connectivity index (χ0n) is 12.6. The lowest BCUT2D eigenvalue weighted by molar-refractivity contribution is 0.0952. The first-order chi connectivity index (χ1) is 11.5. The number of amides is 1. The number of para-hydroxylation sites is 1. The molecule has 3 N–H and O–H groups in total. The van der Waals surface area contributed by atoms with Gasteiger partial charge in [0.2, 0.25) is 0 Å². The standard InChI is InChI=1S/C16H14Br2N2O4/c1-2-24-12-7-9(13(17)14(18)15(12)22)8-19-20-16(23)10-5-3-4-6-11(10)21/h3-8,21-22H,2H2,1H3,(H,20,23)/b19-8+. The SMILES string of the molecule is CCOc1cc(/C=N/NC(=O)c2ccccc2O)c(Br)c(Br)c1O. The number of nitrogens with one attached hydrogen (secondary N) is 1. The predicted octanol–water partition coefficient (Wildman–Crippen LogP) is 3.79. The molecule has 126 valence electrons. The maximum atomic E-state index is 12.0. The quantitative estimate of drug-likeness (QED) is 0.470. The Kier molecular flexibility index (Phi) is 6.22. The van der Waals surface area contributed by atoms with Gasteiger partial charge in [-0.25, -0.2) is 5.43 Å². The highest BCUT2D eigenvalue weighted by molar-refractivity contribution is 9.13. The highest BCUT2D eigenvalue weighted by Crippen LogP contribution is 2.41. The molecule has 0 atom stereocenters. The van der Waals surface area contributed by atoms with Crippen LogP contribution in [0.1, 0.15) is 22.8 Å². The number of hydrogen-bond donors (Lipinski definition) is 3. The molecule has 1 amide bonds. The van der Waals surface area contributed by atoms with E-state index in [2.05, 4.69) is 42.4 Å². The summed E-state index contributed by atoms with van der Waals surface area (Å²) in [6.45, 7) is 2.19. The van der Waals surface area contributed by atoms with Gasteiger partial charge in [-0.1, -0.05) is 12.1 Å². The molecule has 0 aromatic heterocycles. The summed E-state index contributed by atoms with van der Waals surface area (Å²) in [4.78, 5) is 12.0. The number of carbonyl (C=O) groups is 1. The van der Waals surface area contributed by atoms with Crippen molar-refractivity contribution >= 4 is 44.0 Å². The topological polar surface area (TPSA) is 91.2 Å².